The monoisotopic (exact) mass is 283 g/mol. The third-order valence-corrected chi connectivity index (χ3v) is 3.60. The van der Waals surface area contributed by atoms with Crippen molar-refractivity contribution in [3.05, 3.63) is 83.6 Å². The van der Waals surface area contributed by atoms with Gasteiger partial charge in [-0.2, -0.15) is 0 Å². The molecular weight excluding hydrogens is 268 g/mol. The molecule has 0 aromatic heterocycles. The van der Waals surface area contributed by atoms with Crippen LogP contribution in [0.2, 0.25) is 0 Å². The van der Waals surface area contributed by atoms with Crippen molar-refractivity contribution in [3.8, 4) is 0 Å². The molecule has 3 rings (SSSR count). The molecule has 0 unspecified atom stereocenters. The van der Waals surface area contributed by atoms with Crippen LogP contribution in [-0.4, -0.2) is 0 Å². The highest BCUT2D eigenvalue weighted by atomic mass is 19.1. The molecule has 2 aromatic rings. The molecule has 0 saturated carbocycles. The van der Waals surface area contributed by atoms with E-state index in [0.717, 1.165) is 28.6 Å². The van der Waals surface area contributed by atoms with E-state index in [0.29, 0.717) is 18.4 Å². The standard InChI is InChI=1S/C18H15F2N/c1-12-10-15(21-18-5-3-2-4-16(12)18)9-7-13-6-8-14(19)11-17(13)20/h2-6,8,10-11,21H,1,7,9H2. The summed E-state index contributed by atoms with van der Waals surface area (Å²) in [7, 11) is 0. The number of para-hydroxylation sites is 1. The van der Waals surface area contributed by atoms with E-state index >= 15 is 0 Å². The normalized spacial score (nSPS) is 13.4. The lowest BCUT2D eigenvalue weighted by atomic mass is 9.98. The molecule has 0 saturated heterocycles. The molecule has 106 valence electrons. The quantitative estimate of drug-likeness (QED) is 0.843. The van der Waals surface area contributed by atoms with Gasteiger partial charge in [0.15, 0.2) is 0 Å². The van der Waals surface area contributed by atoms with Crippen LogP contribution in [0, 0.1) is 11.6 Å². The summed E-state index contributed by atoms with van der Waals surface area (Å²) in [5.41, 5.74) is 4.54. The number of fused-ring (bicyclic) bond motifs is 1. The van der Waals surface area contributed by atoms with Gasteiger partial charge in [0.25, 0.3) is 0 Å². The lowest BCUT2D eigenvalue weighted by Gasteiger charge is -2.21. The number of rotatable bonds is 3. The summed E-state index contributed by atoms with van der Waals surface area (Å²) in [5.74, 6) is -1.04. The van der Waals surface area contributed by atoms with Gasteiger partial charge in [-0.3, -0.25) is 0 Å². The van der Waals surface area contributed by atoms with Crippen LogP contribution in [-0.2, 0) is 6.42 Å². The minimum Gasteiger partial charge on any atom is -0.358 e. The summed E-state index contributed by atoms with van der Waals surface area (Å²) in [6.45, 7) is 4.05. The first-order chi connectivity index (χ1) is 10.1. The number of aryl methyl sites for hydroxylation is 1. The van der Waals surface area contributed by atoms with E-state index in [1.54, 1.807) is 0 Å². The van der Waals surface area contributed by atoms with E-state index in [-0.39, 0.29) is 0 Å². The Bertz CT molecular complexity index is 732. The Morgan fingerprint density at radius 1 is 1.00 bits per heavy atom. The number of benzene rings is 2. The molecule has 0 spiro atoms. The van der Waals surface area contributed by atoms with Crippen molar-refractivity contribution in [2.24, 2.45) is 0 Å². The van der Waals surface area contributed by atoms with Crippen LogP contribution in [0.15, 0.2) is 60.8 Å². The molecule has 1 aliphatic heterocycles. The van der Waals surface area contributed by atoms with E-state index in [2.05, 4.69) is 11.9 Å². The number of nitrogens with one attached hydrogen (secondary N) is 1. The maximum absolute atomic E-state index is 13.6. The van der Waals surface area contributed by atoms with Crippen LogP contribution in [0.25, 0.3) is 5.57 Å². The van der Waals surface area contributed by atoms with Crippen LogP contribution in [0.4, 0.5) is 14.5 Å². The average molecular weight is 283 g/mol. The first-order valence-electron chi connectivity index (χ1n) is 6.83. The van der Waals surface area contributed by atoms with E-state index in [1.807, 2.05) is 30.3 Å². The van der Waals surface area contributed by atoms with Gasteiger partial charge in [0.1, 0.15) is 11.6 Å². The highest BCUT2D eigenvalue weighted by Gasteiger charge is 2.13. The van der Waals surface area contributed by atoms with E-state index in [9.17, 15) is 8.78 Å². The molecule has 1 heterocycles. The molecule has 1 nitrogen and oxygen atoms in total. The molecule has 0 aliphatic carbocycles. The smallest absolute Gasteiger partial charge is 0.129 e. The Morgan fingerprint density at radius 2 is 1.81 bits per heavy atom. The Labute approximate surface area is 122 Å². The highest BCUT2D eigenvalue weighted by molar-refractivity contribution is 5.85. The van der Waals surface area contributed by atoms with Crippen molar-refractivity contribution in [2.45, 2.75) is 12.8 Å². The van der Waals surface area contributed by atoms with Gasteiger partial charge in [0.05, 0.1) is 0 Å². The van der Waals surface area contributed by atoms with Crippen molar-refractivity contribution in [3.63, 3.8) is 0 Å². The van der Waals surface area contributed by atoms with Crippen molar-refractivity contribution in [1.82, 2.24) is 0 Å². The summed E-state index contributed by atoms with van der Waals surface area (Å²) < 4.78 is 26.5. The summed E-state index contributed by atoms with van der Waals surface area (Å²) in [6, 6.07) is 11.6. The largest absolute Gasteiger partial charge is 0.358 e. The lowest BCUT2D eigenvalue weighted by Crippen LogP contribution is -2.08. The first kappa shape index (κ1) is 13.6. The summed E-state index contributed by atoms with van der Waals surface area (Å²) in [6.07, 6.45) is 3.14. The minimum absolute atomic E-state index is 0.495. The number of allylic oxidation sites excluding steroid dienone is 3. The Morgan fingerprint density at radius 3 is 2.62 bits per heavy atom. The fourth-order valence-corrected chi connectivity index (χ4v) is 2.50. The average Bonchev–Trinajstić information content (AvgIpc) is 2.46. The van der Waals surface area contributed by atoms with Crippen LogP contribution in [0.5, 0.6) is 0 Å². The van der Waals surface area contributed by atoms with Crippen LogP contribution in [0.1, 0.15) is 17.5 Å². The fourth-order valence-electron chi connectivity index (χ4n) is 2.50. The summed E-state index contributed by atoms with van der Waals surface area (Å²) >= 11 is 0. The molecule has 0 fully saturated rings. The number of anilines is 1. The van der Waals surface area contributed by atoms with Gasteiger partial charge in [0.2, 0.25) is 0 Å². The Hall–Kier alpha value is -2.42. The molecule has 1 N–H and O–H groups in total. The highest BCUT2D eigenvalue weighted by Crippen LogP contribution is 2.31. The predicted molar refractivity (Wildman–Crippen MR) is 81.9 cm³/mol. The Kier molecular flexibility index (Phi) is 3.57. The van der Waals surface area contributed by atoms with Crippen LogP contribution in [0.3, 0.4) is 0 Å². The van der Waals surface area contributed by atoms with Gasteiger partial charge in [0, 0.05) is 23.0 Å². The second-order valence-corrected chi connectivity index (χ2v) is 5.10. The van der Waals surface area contributed by atoms with E-state index in [4.69, 9.17) is 0 Å². The van der Waals surface area contributed by atoms with E-state index < -0.39 is 11.6 Å². The predicted octanol–water partition coefficient (Wildman–Crippen LogP) is 4.92. The van der Waals surface area contributed by atoms with Crippen molar-refractivity contribution in [2.75, 3.05) is 5.32 Å². The van der Waals surface area contributed by atoms with Gasteiger partial charge in [-0.15, -0.1) is 0 Å². The van der Waals surface area contributed by atoms with Crippen molar-refractivity contribution >= 4 is 11.3 Å². The molecule has 21 heavy (non-hydrogen) atoms. The maximum atomic E-state index is 13.6. The number of hydrogen-bond acceptors (Lipinski definition) is 1. The number of halogens is 2. The third-order valence-electron chi connectivity index (χ3n) is 3.60. The first-order valence-corrected chi connectivity index (χ1v) is 6.83. The number of hydrogen-bond donors (Lipinski definition) is 1. The van der Waals surface area contributed by atoms with Gasteiger partial charge in [-0.1, -0.05) is 30.8 Å². The van der Waals surface area contributed by atoms with Gasteiger partial charge >= 0.3 is 0 Å². The minimum atomic E-state index is -0.548. The zero-order valence-corrected chi connectivity index (χ0v) is 11.5. The zero-order chi connectivity index (χ0) is 14.8. The maximum Gasteiger partial charge on any atom is 0.129 e. The molecule has 3 heteroatoms. The van der Waals surface area contributed by atoms with Crippen molar-refractivity contribution in [1.29, 1.82) is 0 Å². The van der Waals surface area contributed by atoms with Gasteiger partial charge in [-0.25, -0.2) is 8.78 Å². The van der Waals surface area contributed by atoms with Gasteiger partial charge in [-0.05, 0) is 42.2 Å². The molecule has 1 aliphatic rings. The molecule has 0 bridgehead atoms. The lowest BCUT2D eigenvalue weighted by molar-refractivity contribution is 0.571. The SMILES string of the molecule is C=C1C=C(CCc2ccc(F)cc2F)Nc2ccccc21. The molecule has 0 amide bonds. The molecule has 0 radical (unpaired) electrons. The molecule has 0 atom stereocenters. The summed E-state index contributed by atoms with van der Waals surface area (Å²) in [4.78, 5) is 0. The molecular formula is C18H15F2N. The van der Waals surface area contributed by atoms with E-state index in [1.165, 1.54) is 12.1 Å². The summed E-state index contributed by atoms with van der Waals surface area (Å²) in [5, 5.41) is 3.33. The second kappa shape index (κ2) is 5.52. The van der Waals surface area contributed by atoms with Gasteiger partial charge < -0.3 is 5.32 Å². The zero-order valence-electron chi connectivity index (χ0n) is 11.5. The topological polar surface area (TPSA) is 12.0 Å². The second-order valence-electron chi connectivity index (χ2n) is 5.10. The fraction of sp³-hybridized carbons (Fsp3) is 0.111. The molecule has 2 aromatic carbocycles. The van der Waals surface area contributed by atoms with Crippen molar-refractivity contribution < 1.29 is 8.78 Å². The third kappa shape index (κ3) is 2.87. The van der Waals surface area contributed by atoms with Crippen LogP contribution >= 0.6 is 0 Å². The van der Waals surface area contributed by atoms with Crippen LogP contribution < -0.4 is 5.32 Å². The Balaban J connectivity index is 1.74.